The highest BCUT2D eigenvalue weighted by molar-refractivity contribution is 6.04. The van der Waals surface area contributed by atoms with Crippen LogP contribution < -0.4 is 0 Å². The Morgan fingerprint density at radius 1 is 0.727 bits per heavy atom. The molecule has 0 N–H and O–H groups in total. The van der Waals surface area contributed by atoms with Gasteiger partial charge in [0.1, 0.15) is 17.7 Å². The van der Waals surface area contributed by atoms with Crippen LogP contribution >= 0.6 is 0 Å². The number of rotatable bonds is 0. The molecule has 22 heavy (non-hydrogen) atoms. The highest BCUT2D eigenvalue weighted by Gasteiger charge is 2.26. The predicted molar refractivity (Wildman–Crippen MR) is 85.0 cm³/mol. The minimum absolute atomic E-state index is 0.0587. The lowest BCUT2D eigenvalue weighted by Crippen LogP contribution is -1.89. The normalized spacial score (nSPS) is 10.5. The maximum Gasteiger partial charge on any atom is 0.138 e. The molecule has 1 aliphatic rings. The van der Waals surface area contributed by atoms with Crippen molar-refractivity contribution < 1.29 is 0 Å². The summed E-state index contributed by atoms with van der Waals surface area (Å²) in [5, 5.41) is 18.6. The minimum Gasteiger partial charge on any atom is -0.192 e. The fraction of sp³-hybridized carbons (Fsp3) is 0. The van der Waals surface area contributed by atoms with E-state index in [2.05, 4.69) is 11.8 Å². The fourth-order valence-corrected chi connectivity index (χ4v) is 2.70. The molecule has 0 heterocycles. The Morgan fingerprint density at radius 2 is 1.18 bits per heavy atom. The molecule has 1 aliphatic carbocycles. The Balaban J connectivity index is 2.45. The lowest BCUT2D eigenvalue weighted by Gasteiger charge is -2.03. The van der Waals surface area contributed by atoms with Gasteiger partial charge in [0.05, 0.1) is 0 Å². The highest BCUT2D eigenvalue weighted by atomic mass is 14.3. The molecule has 2 aromatic carbocycles. The first-order valence-corrected chi connectivity index (χ1v) is 6.50. The Morgan fingerprint density at radius 3 is 1.55 bits per heavy atom. The average Bonchev–Trinajstić information content (AvgIpc) is 2.89. The fourth-order valence-electron chi connectivity index (χ4n) is 2.70. The Hall–Kier alpha value is -3.72. The van der Waals surface area contributed by atoms with E-state index < -0.39 is 0 Å². The summed E-state index contributed by atoms with van der Waals surface area (Å²) < 4.78 is 0. The van der Waals surface area contributed by atoms with Crippen LogP contribution in [0.3, 0.4) is 0 Å². The third-order valence-corrected chi connectivity index (χ3v) is 3.67. The molecule has 2 aromatic rings. The first-order valence-electron chi connectivity index (χ1n) is 6.50. The molecule has 0 aliphatic heterocycles. The largest absolute Gasteiger partial charge is 0.192 e. The van der Waals surface area contributed by atoms with Gasteiger partial charge in [0.15, 0.2) is 0 Å². The van der Waals surface area contributed by atoms with Gasteiger partial charge in [-0.15, -0.1) is 12.8 Å². The topological polar surface area (TPSA) is 47.6 Å². The number of allylic oxidation sites excluding steroid dienone is 1. The van der Waals surface area contributed by atoms with Crippen molar-refractivity contribution >= 4 is 5.57 Å². The van der Waals surface area contributed by atoms with Gasteiger partial charge in [0.2, 0.25) is 0 Å². The predicted octanol–water partition coefficient (Wildman–Crippen LogP) is 3.48. The van der Waals surface area contributed by atoms with E-state index in [4.69, 9.17) is 12.8 Å². The molecule has 0 aromatic heterocycles. The second kappa shape index (κ2) is 5.00. The van der Waals surface area contributed by atoms with Crippen LogP contribution in [0.25, 0.3) is 16.7 Å². The monoisotopic (exact) mass is 276 g/mol. The molecular weight excluding hydrogens is 268 g/mol. The van der Waals surface area contributed by atoms with Crippen LogP contribution in [-0.2, 0) is 0 Å². The van der Waals surface area contributed by atoms with Crippen LogP contribution in [0.5, 0.6) is 0 Å². The van der Waals surface area contributed by atoms with E-state index in [1.807, 2.05) is 48.5 Å². The zero-order chi connectivity index (χ0) is 15.7. The summed E-state index contributed by atoms with van der Waals surface area (Å²) in [5.41, 5.74) is 5.59. The Bertz CT molecular complexity index is 928. The number of fused-ring (bicyclic) bond motifs is 3. The van der Waals surface area contributed by atoms with Gasteiger partial charge in [0, 0.05) is 16.7 Å². The van der Waals surface area contributed by atoms with E-state index in [1.54, 1.807) is 0 Å². The summed E-state index contributed by atoms with van der Waals surface area (Å²) in [7, 11) is 0. The van der Waals surface area contributed by atoms with Crippen molar-refractivity contribution in [3.05, 3.63) is 64.2 Å². The van der Waals surface area contributed by atoms with Crippen LogP contribution in [0.15, 0.2) is 42.0 Å². The van der Waals surface area contributed by atoms with Crippen LogP contribution in [0.1, 0.15) is 22.3 Å². The molecule has 0 saturated heterocycles. The Labute approximate surface area is 128 Å². The third-order valence-electron chi connectivity index (χ3n) is 3.67. The summed E-state index contributed by atoms with van der Waals surface area (Å²) in [6.45, 7) is 0. The van der Waals surface area contributed by atoms with Crippen molar-refractivity contribution in [2.75, 3.05) is 0 Å². The van der Waals surface area contributed by atoms with E-state index in [9.17, 15) is 10.5 Å². The van der Waals surface area contributed by atoms with Crippen molar-refractivity contribution in [3.63, 3.8) is 0 Å². The van der Waals surface area contributed by atoms with Crippen LogP contribution in [0, 0.1) is 47.3 Å². The standard InChI is InChI=1S/C20H8N2/c1-3-13-5-7-16-17-8-6-14(4-2)10-19(17)20(18(16)9-13)15(11-21)12-22/h1-2,5-10H. The average molecular weight is 276 g/mol. The van der Waals surface area contributed by atoms with Crippen LogP contribution in [0.4, 0.5) is 0 Å². The molecule has 2 heteroatoms. The summed E-state index contributed by atoms with van der Waals surface area (Å²) in [6.07, 6.45) is 10.9. The van der Waals surface area contributed by atoms with Crippen molar-refractivity contribution in [1.82, 2.24) is 0 Å². The molecule has 0 fully saturated rings. The maximum absolute atomic E-state index is 9.28. The van der Waals surface area contributed by atoms with Crippen LogP contribution in [0.2, 0.25) is 0 Å². The quantitative estimate of drug-likeness (QED) is 0.466. The lowest BCUT2D eigenvalue weighted by molar-refractivity contribution is 1.46. The number of nitrogens with zero attached hydrogens (tertiary/aromatic N) is 2. The first kappa shape index (κ1) is 13.3. The van der Waals surface area contributed by atoms with E-state index in [0.717, 1.165) is 22.3 Å². The third kappa shape index (κ3) is 1.77. The van der Waals surface area contributed by atoms with E-state index in [1.165, 1.54) is 0 Å². The summed E-state index contributed by atoms with van der Waals surface area (Å²) in [5.74, 6) is 5.16. The molecular formula is C20H8N2. The van der Waals surface area contributed by atoms with Gasteiger partial charge in [-0.05, 0) is 46.5 Å². The van der Waals surface area contributed by atoms with E-state index in [0.29, 0.717) is 16.7 Å². The van der Waals surface area contributed by atoms with Crippen LogP contribution in [-0.4, -0.2) is 0 Å². The van der Waals surface area contributed by atoms with Crippen molar-refractivity contribution in [1.29, 1.82) is 10.5 Å². The number of benzene rings is 2. The number of hydrogen-bond acceptors (Lipinski definition) is 2. The van der Waals surface area contributed by atoms with Gasteiger partial charge < -0.3 is 0 Å². The molecule has 2 nitrogen and oxygen atoms in total. The van der Waals surface area contributed by atoms with Gasteiger partial charge >= 0.3 is 0 Å². The summed E-state index contributed by atoms with van der Waals surface area (Å²) in [4.78, 5) is 0. The molecule has 0 saturated carbocycles. The molecule has 3 rings (SSSR count). The van der Waals surface area contributed by atoms with Crippen molar-refractivity contribution in [3.8, 4) is 48.0 Å². The summed E-state index contributed by atoms with van der Waals surface area (Å²) >= 11 is 0. The highest BCUT2D eigenvalue weighted by Crippen LogP contribution is 2.46. The van der Waals surface area contributed by atoms with Gasteiger partial charge in [-0.2, -0.15) is 10.5 Å². The zero-order valence-corrected chi connectivity index (χ0v) is 11.5. The van der Waals surface area contributed by atoms with Crippen molar-refractivity contribution in [2.45, 2.75) is 0 Å². The van der Waals surface area contributed by atoms with Gasteiger partial charge in [0.25, 0.3) is 0 Å². The molecule has 0 radical (unpaired) electrons. The minimum atomic E-state index is 0.0587. The number of terminal acetylenes is 2. The summed E-state index contributed by atoms with van der Waals surface area (Å²) in [6, 6.07) is 15.1. The van der Waals surface area contributed by atoms with Gasteiger partial charge in [-0.1, -0.05) is 24.0 Å². The second-order valence-electron chi connectivity index (χ2n) is 4.78. The SMILES string of the molecule is C#Cc1ccc2c(c1)C(=C(C#N)C#N)c1cc(C#C)ccc1-2. The molecule has 0 atom stereocenters. The molecule has 0 unspecified atom stereocenters. The van der Waals surface area contributed by atoms with E-state index in [-0.39, 0.29) is 5.57 Å². The molecule has 0 spiro atoms. The Kier molecular flexibility index (Phi) is 3.01. The number of nitriles is 2. The second-order valence-corrected chi connectivity index (χ2v) is 4.78. The van der Waals surface area contributed by atoms with E-state index >= 15 is 0 Å². The molecule has 0 amide bonds. The molecule has 0 bridgehead atoms. The molecule has 98 valence electrons. The smallest absolute Gasteiger partial charge is 0.138 e. The van der Waals surface area contributed by atoms with Gasteiger partial charge in [-0.25, -0.2) is 0 Å². The number of hydrogen-bond donors (Lipinski definition) is 0. The van der Waals surface area contributed by atoms with Crippen molar-refractivity contribution in [2.24, 2.45) is 0 Å². The maximum atomic E-state index is 9.28. The first-order chi connectivity index (χ1) is 10.7. The van der Waals surface area contributed by atoms with Gasteiger partial charge in [-0.3, -0.25) is 0 Å². The lowest BCUT2D eigenvalue weighted by atomic mass is 9.97. The zero-order valence-electron chi connectivity index (χ0n) is 11.5.